The number of rotatable bonds is 7. The van der Waals surface area contributed by atoms with Gasteiger partial charge in [-0.05, 0) is 18.2 Å². The van der Waals surface area contributed by atoms with Crippen molar-refractivity contribution < 1.29 is 4.79 Å². The fourth-order valence-corrected chi connectivity index (χ4v) is 2.64. The van der Waals surface area contributed by atoms with Crippen LogP contribution in [0.25, 0.3) is 0 Å². The van der Waals surface area contributed by atoms with Crippen molar-refractivity contribution in [2.45, 2.75) is 17.7 Å². The number of carbonyl (C=O) groups is 1. The maximum atomic E-state index is 12.1. The number of nitrogen functional groups attached to an aromatic ring is 1. The number of benzene rings is 1. The summed E-state index contributed by atoms with van der Waals surface area (Å²) in [6.45, 7) is 0.682. The van der Waals surface area contributed by atoms with Gasteiger partial charge in [0.25, 0.3) is 0 Å². The van der Waals surface area contributed by atoms with Crippen molar-refractivity contribution in [1.82, 2.24) is 4.90 Å². The van der Waals surface area contributed by atoms with Gasteiger partial charge < -0.3 is 10.6 Å². The highest BCUT2D eigenvalue weighted by molar-refractivity contribution is 8.00. The van der Waals surface area contributed by atoms with Gasteiger partial charge in [-0.1, -0.05) is 11.6 Å². The van der Waals surface area contributed by atoms with Crippen LogP contribution in [0.15, 0.2) is 23.1 Å². The van der Waals surface area contributed by atoms with E-state index in [2.05, 4.69) is 0 Å². The lowest BCUT2D eigenvalue weighted by Crippen LogP contribution is -2.34. The Morgan fingerprint density at radius 3 is 2.43 bits per heavy atom. The molecule has 1 aromatic carbocycles. The summed E-state index contributed by atoms with van der Waals surface area (Å²) in [7, 11) is 0. The van der Waals surface area contributed by atoms with E-state index in [0.717, 1.165) is 4.90 Å². The zero-order chi connectivity index (χ0) is 15.7. The molecule has 0 aliphatic rings. The Labute approximate surface area is 133 Å². The van der Waals surface area contributed by atoms with Crippen LogP contribution in [0, 0.1) is 22.7 Å². The van der Waals surface area contributed by atoms with Crippen molar-refractivity contribution >= 4 is 35.0 Å². The van der Waals surface area contributed by atoms with E-state index in [-0.39, 0.29) is 24.5 Å². The third-order valence-electron chi connectivity index (χ3n) is 2.66. The van der Waals surface area contributed by atoms with Crippen LogP contribution >= 0.6 is 23.4 Å². The number of halogens is 1. The molecule has 110 valence electrons. The number of thioether (sulfide) groups is 1. The van der Waals surface area contributed by atoms with Crippen LogP contribution < -0.4 is 5.73 Å². The average Bonchev–Trinajstić information content (AvgIpc) is 2.46. The van der Waals surface area contributed by atoms with E-state index in [1.807, 2.05) is 12.1 Å². The zero-order valence-corrected chi connectivity index (χ0v) is 13.0. The SMILES string of the molecule is N#CCCN(CCC#N)C(=O)CSc1ccc(Cl)cc1N. The number of amides is 1. The first-order valence-corrected chi connectivity index (χ1v) is 7.64. The summed E-state index contributed by atoms with van der Waals surface area (Å²) in [5.41, 5.74) is 6.36. The van der Waals surface area contributed by atoms with E-state index in [4.69, 9.17) is 27.9 Å². The molecule has 1 amide bonds. The highest BCUT2D eigenvalue weighted by Crippen LogP contribution is 2.27. The van der Waals surface area contributed by atoms with Crippen LogP contribution in [-0.2, 0) is 4.79 Å². The van der Waals surface area contributed by atoms with Crippen molar-refractivity contribution in [1.29, 1.82) is 10.5 Å². The number of nitriles is 2. The highest BCUT2D eigenvalue weighted by atomic mass is 35.5. The minimum absolute atomic E-state index is 0.111. The van der Waals surface area contributed by atoms with E-state index in [1.165, 1.54) is 16.7 Å². The lowest BCUT2D eigenvalue weighted by atomic mass is 10.3. The molecule has 0 heterocycles. The number of carbonyl (C=O) groups excluding carboxylic acids is 1. The highest BCUT2D eigenvalue weighted by Gasteiger charge is 2.14. The molecular weight excluding hydrogens is 308 g/mol. The second-order valence-corrected chi connectivity index (χ2v) is 5.62. The first-order chi connectivity index (χ1) is 10.1. The van der Waals surface area contributed by atoms with E-state index < -0.39 is 0 Å². The minimum Gasteiger partial charge on any atom is -0.398 e. The molecule has 21 heavy (non-hydrogen) atoms. The number of hydrogen-bond acceptors (Lipinski definition) is 5. The van der Waals surface area contributed by atoms with E-state index in [1.54, 1.807) is 18.2 Å². The number of nitrogens with zero attached hydrogens (tertiary/aromatic N) is 3. The van der Waals surface area contributed by atoms with Crippen molar-refractivity contribution in [3.63, 3.8) is 0 Å². The van der Waals surface area contributed by atoms with E-state index in [0.29, 0.717) is 23.8 Å². The Balaban J connectivity index is 2.60. The molecule has 1 rings (SSSR count). The normalized spacial score (nSPS) is 9.67. The van der Waals surface area contributed by atoms with Gasteiger partial charge in [0.15, 0.2) is 0 Å². The van der Waals surface area contributed by atoms with Crippen molar-refractivity contribution in [3.8, 4) is 12.1 Å². The first-order valence-electron chi connectivity index (χ1n) is 6.28. The summed E-state index contributed by atoms with van der Waals surface area (Å²) >= 11 is 7.14. The summed E-state index contributed by atoms with van der Waals surface area (Å²) in [4.78, 5) is 14.4. The Morgan fingerprint density at radius 2 is 1.90 bits per heavy atom. The van der Waals surface area contributed by atoms with Gasteiger partial charge in [-0.3, -0.25) is 4.79 Å². The van der Waals surface area contributed by atoms with Crippen LogP contribution in [0.1, 0.15) is 12.8 Å². The summed E-state index contributed by atoms with van der Waals surface area (Å²) < 4.78 is 0. The van der Waals surface area contributed by atoms with Crippen LogP contribution in [0.3, 0.4) is 0 Å². The maximum absolute atomic E-state index is 12.1. The molecule has 0 saturated carbocycles. The molecule has 7 heteroatoms. The molecule has 0 fully saturated rings. The van der Waals surface area contributed by atoms with Crippen molar-refractivity contribution in [2.75, 3.05) is 24.6 Å². The molecule has 2 N–H and O–H groups in total. The average molecular weight is 323 g/mol. The fraction of sp³-hybridized carbons (Fsp3) is 0.357. The van der Waals surface area contributed by atoms with Crippen LogP contribution in [0.5, 0.6) is 0 Å². The monoisotopic (exact) mass is 322 g/mol. The Hall–Kier alpha value is -1.89. The van der Waals surface area contributed by atoms with E-state index >= 15 is 0 Å². The van der Waals surface area contributed by atoms with Crippen LogP contribution in [-0.4, -0.2) is 29.6 Å². The Bertz CT molecular complexity index is 561. The smallest absolute Gasteiger partial charge is 0.232 e. The molecule has 0 bridgehead atoms. The third kappa shape index (κ3) is 5.95. The van der Waals surface area contributed by atoms with Gasteiger partial charge in [0, 0.05) is 28.7 Å². The van der Waals surface area contributed by atoms with E-state index in [9.17, 15) is 4.79 Å². The molecule has 0 unspecified atom stereocenters. The largest absolute Gasteiger partial charge is 0.398 e. The number of anilines is 1. The molecule has 5 nitrogen and oxygen atoms in total. The molecule has 0 radical (unpaired) electrons. The second kappa shape index (κ2) is 9.12. The summed E-state index contributed by atoms with van der Waals surface area (Å²) in [5.74, 6) is 0.0998. The predicted molar refractivity (Wildman–Crippen MR) is 83.6 cm³/mol. The number of hydrogen-bond donors (Lipinski definition) is 1. The van der Waals surface area contributed by atoms with Gasteiger partial charge in [-0.15, -0.1) is 11.8 Å². The van der Waals surface area contributed by atoms with Gasteiger partial charge in [0.2, 0.25) is 5.91 Å². The summed E-state index contributed by atoms with van der Waals surface area (Å²) in [5, 5.41) is 17.8. The lowest BCUT2D eigenvalue weighted by molar-refractivity contribution is -0.128. The maximum Gasteiger partial charge on any atom is 0.232 e. The van der Waals surface area contributed by atoms with Gasteiger partial charge >= 0.3 is 0 Å². The zero-order valence-electron chi connectivity index (χ0n) is 11.4. The molecule has 0 aliphatic heterocycles. The third-order valence-corrected chi connectivity index (χ3v) is 3.97. The van der Waals surface area contributed by atoms with Gasteiger partial charge in [-0.25, -0.2) is 0 Å². The molecule has 1 aromatic rings. The lowest BCUT2D eigenvalue weighted by Gasteiger charge is -2.20. The van der Waals surface area contributed by atoms with Gasteiger partial charge in [0.1, 0.15) is 0 Å². The number of nitrogens with two attached hydrogens (primary N) is 1. The predicted octanol–water partition coefficient (Wildman–Crippen LogP) is 2.67. The van der Waals surface area contributed by atoms with Crippen LogP contribution in [0.2, 0.25) is 5.02 Å². The Morgan fingerprint density at radius 1 is 1.29 bits per heavy atom. The topological polar surface area (TPSA) is 93.9 Å². The molecule has 0 saturated heterocycles. The molecule has 0 aliphatic carbocycles. The fourth-order valence-electron chi connectivity index (χ4n) is 1.61. The van der Waals surface area contributed by atoms with Crippen LogP contribution in [0.4, 0.5) is 5.69 Å². The molecule has 0 atom stereocenters. The quantitative estimate of drug-likeness (QED) is 0.615. The van der Waals surface area contributed by atoms with Crippen molar-refractivity contribution in [3.05, 3.63) is 23.2 Å². The summed E-state index contributed by atoms with van der Waals surface area (Å²) in [6.07, 6.45) is 0.510. The molecular formula is C14H15ClN4OS. The van der Waals surface area contributed by atoms with Gasteiger partial charge in [0.05, 0.1) is 30.7 Å². The second-order valence-electron chi connectivity index (χ2n) is 4.17. The minimum atomic E-state index is -0.111. The van der Waals surface area contributed by atoms with Gasteiger partial charge in [-0.2, -0.15) is 10.5 Å². The first kappa shape index (κ1) is 17.2. The standard InChI is InChI=1S/C14H15ClN4OS/c15-11-3-4-13(12(18)9-11)21-10-14(20)19(7-1-5-16)8-2-6-17/h3-4,9H,1-2,7-8,10,18H2. The molecule has 0 aromatic heterocycles. The summed E-state index contributed by atoms with van der Waals surface area (Å²) in [6, 6.07) is 9.12. The van der Waals surface area contributed by atoms with Crippen molar-refractivity contribution in [2.24, 2.45) is 0 Å². The molecule has 0 spiro atoms. The Kier molecular flexibility index (Phi) is 7.45.